The molecule has 5 heterocycles. The van der Waals surface area contributed by atoms with Crippen LogP contribution >= 0.6 is 0 Å². The molecule has 5 aliphatic rings. The minimum absolute atomic E-state index is 0.0300. The maximum absolute atomic E-state index is 17.0. The monoisotopic (exact) mass is 697 g/mol. The number of benzene rings is 2. The SMILES string of the molecule is C#Cc1c(F)ccc2cc(O)cc(-c3ncc4c(N5CCCOCC5)nc(OCC56CCCC5N(C5CC7(C5)OCCO7)CCC6)nc4c3F)c12. The number of hydrogen-bond donors (Lipinski definition) is 1. The Hall–Kier alpha value is -4.15. The molecule has 0 amide bonds. The minimum Gasteiger partial charge on any atom is -0.508 e. The van der Waals surface area contributed by atoms with E-state index in [1.807, 2.05) is 0 Å². The molecule has 3 aliphatic heterocycles. The third kappa shape index (κ3) is 5.57. The van der Waals surface area contributed by atoms with Gasteiger partial charge in [0.25, 0.3) is 0 Å². The molecular formula is C39H41F2N5O5. The molecule has 2 unspecified atom stereocenters. The molecule has 5 fully saturated rings. The number of nitrogens with zero attached hydrogens (tertiary/aromatic N) is 5. The summed E-state index contributed by atoms with van der Waals surface area (Å²) in [6.07, 6.45) is 15.2. The first-order chi connectivity index (χ1) is 24.9. The Balaban J connectivity index is 1.09. The first-order valence-electron chi connectivity index (χ1n) is 18.1. The summed E-state index contributed by atoms with van der Waals surface area (Å²) in [5, 5.41) is 11.8. The molecule has 3 saturated heterocycles. The number of hydrogen-bond acceptors (Lipinski definition) is 10. The molecule has 2 saturated carbocycles. The van der Waals surface area contributed by atoms with Crippen molar-refractivity contribution in [3.8, 4) is 35.4 Å². The molecule has 2 atom stereocenters. The van der Waals surface area contributed by atoms with Gasteiger partial charge >= 0.3 is 6.01 Å². The van der Waals surface area contributed by atoms with Gasteiger partial charge in [0.1, 0.15) is 28.6 Å². The summed E-state index contributed by atoms with van der Waals surface area (Å²) in [6.45, 7) is 5.16. The van der Waals surface area contributed by atoms with Gasteiger partial charge in [0, 0.05) is 67.2 Å². The second kappa shape index (κ2) is 12.8. The maximum atomic E-state index is 17.0. The summed E-state index contributed by atoms with van der Waals surface area (Å²) in [6, 6.07) is 6.46. The second-order valence-corrected chi connectivity index (χ2v) is 14.7. The number of aromatic hydroxyl groups is 1. The number of fused-ring (bicyclic) bond motifs is 3. The molecule has 2 aliphatic carbocycles. The molecule has 4 aromatic rings. The summed E-state index contributed by atoms with van der Waals surface area (Å²) in [5.74, 6) is 1.05. The fourth-order valence-corrected chi connectivity index (χ4v) is 9.44. The normalized spacial score (nSPS) is 25.2. The van der Waals surface area contributed by atoms with E-state index in [2.05, 4.69) is 20.7 Å². The van der Waals surface area contributed by atoms with E-state index >= 15 is 4.39 Å². The highest BCUT2D eigenvalue weighted by Crippen LogP contribution is 2.52. The Morgan fingerprint density at radius 2 is 1.84 bits per heavy atom. The van der Waals surface area contributed by atoms with Gasteiger partial charge < -0.3 is 29.0 Å². The predicted octanol–water partition coefficient (Wildman–Crippen LogP) is 5.96. The zero-order valence-electron chi connectivity index (χ0n) is 28.5. The van der Waals surface area contributed by atoms with Crippen LogP contribution in [0.5, 0.6) is 11.8 Å². The number of aromatic nitrogens is 3. The van der Waals surface area contributed by atoms with Crippen LogP contribution in [0.25, 0.3) is 32.9 Å². The number of phenols is 1. The molecule has 51 heavy (non-hydrogen) atoms. The lowest BCUT2D eigenvalue weighted by molar-refractivity contribution is -0.242. The van der Waals surface area contributed by atoms with Gasteiger partial charge in [0.05, 0.1) is 37.4 Å². The van der Waals surface area contributed by atoms with E-state index in [0.717, 1.165) is 57.9 Å². The Kier molecular flexibility index (Phi) is 8.22. The van der Waals surface area contributed by atoms with Crippen molar-refractivity contribution < 1.29 is 32.8 Å². The number of phenolic OH excluding ortho intramolecular Hbond substituents is 1. The fraction of sp³-hybridized carbons (Fsp3) is 0.513. The van der Waals surface area contributed by atoms with Crippen molar-refractivity contribution in [3.63, 3.8) is 0 Å². The summed E-state index contributed by atoms with van der Waals surface area (Å²) >= 11 is 0. The average Bonchev–Trinajstić information content (AvgIpc) is 3.71. The largest absolute Gasteiger partial charge is 0.508 e. The van der Waals surface area contributed by atoms with Crippen molar-refractivity contribution in [2.45, 2.75) is 69.2 Å². The van der Waals surface area contributed by atoms with Crippen LogP contribution in [-0.2, 0) is 14.2 Å². The van der Waals surface area contributed by atoms with E-state index in [-0.39, 0.29) is 44.9 Å². The lowest BCUT2D eigenvalue weighted by atomic mass is 9.72. The number of anilines is 1. The third-order valence-corrected chi connectivity index (χ3v) is 11.8. The van der Waals surface area contributed by atoms with Crippen LogP contribution < -0.4 is 9.64 Å². The van der Waals surface area contributed by atoms with E-state index in [1.54, 1.807) is 0 Å². The van der Waals surface area contributed by atoms with Gasteiger partial charge in [-0.25, -0.2) is 8.78 Å². The maximum Gasteiger partial charge on any atom is 0.319 e. The van der Waals surface area contributed by atoms with Crippen molar-refractivity contribution in [1.29, 1.82) is 0 Å². The lowest BCUT2D eigenvalue weighted by Gasteiger charge is -2.55. The van der Waals surface area contributed by atoms with Gasteiger partial charge in [0.2, 0.25) is 0 Å². The number of halogens is 2. The molecule has 1 spiro atoms. The smallest absolute Gasteiger partial charge is 0.319 e. The van der Waals surface area contributed by atoms with Crippen molar-refractivity contribution in [1.82, 2.24) is 19.9 Å². The lowest BCUT2D eigenvalue weighted by Crippen LogP contribution is -2.63. The Morgan fingerprint density at radius 1 is 1.00 bits per heavy atom. The molecule has 2 aromatic carbocycles. The van der Waals surface area contributed by atoms with Gasteiger partial charge in [-0.1, -0.05) is 18.4 Å². The molecule has 266 valence electrons. The van der Waals surface area contributed by atoms with Crippen LogP contribution in [0, 0.1) is 29.4 Å². The van der Waals surface area contributed by atoms with Crippen molar-refractivity contribution >= 4 is 27.5 Å². The predicted molar refractivity (Wildman–Crippen MR) is 187 cm³/mol. The van der Waals surface area contributed by atoms with Crippen LogP contribution in [0.3, 0.4) is 0 Å². The first kappa shape index (κ1) is 32.7. The van der Waals surface area contributed by atoms with Gasteiger partial charge in [0.15, 0.2) is 11.6 Å². The van der Waals surface area contributed by atoms with E-state index in [9.17, 15) is 9.50 Å². The number of rotatable bonds is 6. The molecule has 12 heteroatoms. The van der Waals surface area contributed by atoms with Crippen LogP contribution in [0.1, 0.15) is 56.9 Å². The molecule has 9 rings (SSSR count). The topological polar surface area (TPSA) is 102 Å². The number of ether oxygens (including phenoxy) is 4. The molecule has 0 bridgehead atoms. The Bertz CT molecular complexity index is 2030. The average molecular weight is 698 g/mol. The summed E-state index contributed by atoms with van der Waals surface area (Å²) in [7, 11) is 0. The number of terminal acetylenes is 1. The van der Waals surface area contributed by atoms with Crippen molar-refractivity contribution in [2.75, 3.05) is 57.6 Å². The van der Waals surface area contributed by atoms with Gasteiger partial charge in [-0.05, 0) is 62.2 Å². The van der Waals surface area contributed by atoms with E-state index in [1.165, 1.54) is 30.5 Å². The quantitative estimate of drug-likeness (QED) is 0.243. The summed E-state index contributed by atoms with van der Waals surface area (Å²) < 4.78 is 56.1. The van der Waals surface area contributed by atoms with Crippen LogP contribution in [-0.4, -0.2) is 95.5 Å². The van der Waals surface area contributed by atoms with Gasteiger partial charge in [-0.15, -0.1) is 6.42 Å². The minimum atomic E-state index is -0.734. The number of piperidine rings is 1. The zero-order chi connectivity index (χ0) is 34.7. The van der Waals surface area contributed by atoms with Gasteiger partial charge in [-0.3, -0.25) is 9.88 Å². The Morgan fingerprint density at radius 3 is 2.69 bits per heavy atom. The zero-order valence-corrected chi connectivity index (χ0v) is 28.5. The summed E-state index contributed by atoms with van der Waals surface area (Å²) in [4.78, 5) is 18.9. The van der Waals surface area contributed by atoms with Gasteiger partial charge in [-0.2, -0.15) is 9.97 Å². The van der Waals surface area contributed by atoms with Crippen LogP contribution in [0.4, 0.5) is 14.6 Å². The highest BCUT2D eigenvalue weighted by Gasteiger charge is 2.57. The highest BCUT2D eigenvalue weighted by atomic mass is 19.1. The van der Waals surface area contributed by atoms with Crippen molar-refractivity contribution in [2.24, 2.45) is 5.41 Å². The summed E-state index contributed by atoms with van der Waals surface area (Å²) in [5.41, 5.74) is -0.00349. The molecule has 10 nitrogen and oxygen atoms in total. The molecule has 2 aromatic heterocycles. The number of pyridine rings is 1. The standard InChI is InChI=1S/C39H41F2N5O5/c1-2-27-30(40)8-7-24-18-26(47)19-28(32(24)27)34-33(41)35-29(22-42-34)36(45-11-5-14-48-15-13-45)44-37(43-35)49-23-38-9-3-6-31(38)46(12-4-10-38)25-20-39(21-25)50-16-17-51-39/h1,7-8,18-19,22,25,31,47H,3-6,9-17,20-21,23H2. The highest BCUT2D eigenvalue weighted by molar-refractivity contribution is 6.03. The Labute approximate surface area is 295 Å². The van der Waals surface area contributed by atoms with Crippen LogP contribution in [0.15, 0.2) is 30.5 Å². The first-order valence-corrected chi connectivity index (χ1v) is 18.1. The fourth-order valence-electron chi connectivity index (χ4n) is 9.44. The van der Waals surface area contributed by atoms with Crippen LogP contribution in [0.2, 0.25) is 0 Å². The van der Waals surface area contributed by atoms with E-state index < -0.39 is 17.4 Å². The second-order valence-electron chi connectivity index (χ2n) is 14.7. The van der Waals surface area contributed by atoms with E-state index in [0.29, 0.717) is 74.8 Å². The van der Waals surface area contributed by atoms with E-state index in [4.69, 9.17) is 35.3 Å². The molecule has 1 N–H and O–H groups in total. The number of likely N-dealkylation sites (tertiary alicyclic amines) is 1. The van der Waals surface area contributed by atoms with Crippen molar-refractivity contribution in [3.05, 3.63) is 47.7 Å². The third-order valence-electron chi connectivity index (χ3n) is 11.8. The molecular weight excluding hydrogens is 656 g/mol. The molecule has 0 radical (unpaired) electrons.